The summed E-state index contributed by atoms with van der Waals surface area (Å²) >= 11 is 0. The summed E-state index contributed by atoms with van der Waals surface area (Å²) in [7, 11) is 3.67. The minimum Gasteiger partial charge on any atom is -0.385 e. The lowest BCUT2D eigenvalue weighted by atomic mass is 10.1. The zero-order valence-corrected chi connectivity index (χ0v) is 17.2. The van der Waals surface area contributed by atoms with Gasteiger partial charge in [-0.25, -0.2) is 4.99 Å². The molecule has 1 aliphatic carbocycles. The molecule has 2 N–H and O–H groups in total. The fourth-order valence-electron chi connectivity index (χ4n) is 3.14. The fraction of sp³-hybridized carbons (Fsp3) is 0.842. The van der Waals surface area contributed by atoms with Crippen LogP contribution < -0.4 is 10.6 Å². The van der Waals surface area contributed by atoms with Crippen molar-refractivity contribution in [3.05, 3.63) is 11.6 Å². The molecule has 0 spiro atoms. The number of aromatic nitrogens is 3. The minimum atomic E-state index is 0.422. The summed E-state index contributed by atoms with van der Waals surface area (Å²) in [5.41, 5.74) is 0. The SMILES string of the molecule is COCCCNC(=NCc1nnc(C)n1C)NCCOC1CCCCCC1. The Bertz CT molecular complexity index is 552. The zero-order chi connectivity index (χ0) is 19.3. The van der Waals surface area contributed by atoms with Gasteiger partial charge in [0.1, 0.15) is 12.4 Å². The van der Waals surface area contributed by atoms with Gasteiger partial charge in [0.25, 0.3) is 0 Å². The number of nitrogens with one attached hydrogen (secondary N) is 2. The van der Waals surface area contributed by atoms with E-state index >= 15 is 0 Å². The highest BCUT2D eigenvalue weighted by atomic mass is 16.5. The third-order valence-electron chi connectivity index (χ3n) is 4.93. The Morgan fingerprint density at radius 2 is 1.85 bits per heavy atom. The molecule has 1 aromatic rings. The quantitative estimate of drug-likeness (QED) is 0.279. The minimum absolute atomic E-state index is 0.422. The van der Waals surface area contributed by atoms with Crippen molar-refractivity contribution in [1.29, 1.82) is 0 Å². The first kappa shape index (κ1) is 21.6. The fourth-order valence-corrected chi connectivity index (χ4v) is 3.14. The molecule has 0 aliphatic heterocycles. The predicted octanol–water partition coefficient (Wildman–Crippen LogP) is 1.93. The third kappa shape index (κ3) is 8.26. The lowest BCUT2D eigenvalue weighted by Crippen LogP contribution is -2.40. The number of methoxy groups -OCH3 is 1. The normalized spacial score (nSPS) is 16.3. The van der Waals surface area contributed by atoms with Gasteiger partial charge in [-0.3, -0.25) is 0 Å². The maximum absolute atomic E-state index is 6.05. The Morgan fingerprint density at radius 1 is 1.11 bits per heavy atom. The third-order valence-corrected chi connectivity index (χ3v) is 4.93. The molecule has 1 fully saturated rings. The average Bonchev–Trinajstić information content (AvgIpc) is 2.87. The van der Waals surface area contributed by atoms with E-state index in [0.29, 0.717) is 19.3 Å². The van der Waals surface area contributed by atoms with Crippen molar-refractivity contribution in [2.75, 3.05) is 33.4 Å². The van der Waals surface area contributed by atoms with Gasteiger partial charge < -0.3 is 24.7 Å². The van der Waals surface area contributed by atoms with E-state index in [1.165, 1.54) is 38.5 Å². The van der Waals surface area contributed by atoms with E-state index in [0.717, 1.165) is 43.7 Å². The smallest absolute Gasteiger partial charge is 0.191 e. The van der Waals surface area contributed by atoms with Gasteiger partial charge in [-0.2, -0.15) is 0 Å². The molecule has 0 bridgehead atoms. The highest BCUT2D eigenvalue weighted by molar-refractivity contribution is 5.79. The van der Waals surface area contributed by atoms with Gasteiger partial charge in [0.2, 0.25) is 0 Å². The molecular weight excluding hydrogens is 344 g/mol. The molecule has 0 atom stereocenters. The van der Waals surface area contributed by atoms with E-state index in [4.69, 9.17) is 9.47 Å². The molecule has 27 heavy (non-hydrogen) atoms. The van der Waals surface area contributed by atoms with E-state index in [-0.39, 0.29) is 0 Å². The van der Waals surface area contributed by atoms with Crippen LogP contribution in [0.2, 0.25) is 0 Å². The number of aryl methyl sites for hydroxylation is 1. The van der Waals surface area contributed by atoms with E-state index in [1.807, 2.05) is 18.5 Å². The molecule has 1 aliphatic rings. The average molecular weight is 381 g/mol. The summed E-state index contributed by atoms with van der Waals surface area (Å²) in [5, 5.41) is 15.0. The van der Waals surface area contributed by atoms with Crippen LogP contribution in [-0.4, -0.2) is 60.2 Å². The molecule has 0 amide bonds. The number of hydrogen-bond acceptors (Lipinski definition) is 5. The summed E-state index contributed by atoms with van der Waals surface area (Å²) in [6, 6.07) is 0. The van der Waals surface area contributed by atoms with Crippen LogP contribution in [0, 0.1) is 6.92 Å². The van der Waals surface area contributed by atoms with Crippen molar-refractivity contribution in [2.45, 2.75) is 64.5 Å². The van der Waals surface area contributed by atoms with Crippen LogP contribution in [0.4, 0.5) is 0 Å². The first-order valence-corrected chi connectivity index (χ1v) is 10.2. The van der Waals surface area contributed by atoms with Crippen molar-refractivity contribution in [2.24, 2.45) is 12.0 Å². The molecule has 0 saturated heterocycles. The molecule has 8 nitrogen and oxygen atoms in total. The first-order valence-electron chi connectivity index (χ1n) is 10.2. The summed E-state index contributed by atoms with van der Waals surface area (Å²) in [5.74, 6) is 2.51. The number of aliphatic imine (C=N–C) groups is 1. The Labute approximate surface area is 163 Å². The molecule has 2 rings (SSSR count). The monoisotopic (exact) mass is 380 g/mol. The van der Waals surface area contributed by atoms with Crippen LogP contribution in [0.3, 0.4) is 0 Å². The molecule has 1 heterocycles. The molecule has 1 saturated carbocycles. The van der Waals surface area contributed by atoms with Gasteiger partial charge in [0, 0.05) is 33.9 Å². The maximum Gasteiger partial charge on any atom is 0.191 e. The van der Waals surface area contributed by atoms with Crippen LogP contribution in [-0.2, 0) is 23.1 Å². The van der Waals surface area contributed by atoms with Crippen LogP contribution in [0.1, 0.15) is 56.6 Å². The molecule has 1 aromatic heterocycles. The second kappa shape index (κ2) is 12.7. The summed E-state index contributed by atoms with van der Waals surface area (Å²) in [4.78, 5) is 4.64. The van der Waals surface area contributed by atoms with E-state index in [2.05, 4.69) is 25.8 Å². The summed E-state index contributed by atoms with van der Waals surface area (Å²) in [6.07, 6.45) is 9.03. The lowest BCUT2D eigenvalue weighted by Gasteiger charge is -2.17. The largest absolute Gasteiger partial charge is 0.385 e. The molecular formula is C19H36N6O2. The second-order valence-corrected chi connectivity index (χ2v) is 7.07. The van der Waals surface area contributed by atoms with Gasteiger partial charge >= 0.3 is 0 Å². The Balaban J connectivity index is 1.77. The number of hydrogen-bond donors (Lipinski definition) is 2. The van der Waals surface area contributed by atoms with Gasteiger partial charge in [-0.1, -0.05) is 25.7 Å². The van der Waals surface area contributed by atoms with Crippen molar-refractivity contribution < 1.29 is 9.47 Å². The van der Waals surface area contributed by atoms with Gasteiger partial charge in [-0.05, 0) is 26.2 Å². The first-order chi connectivity index (χ1) is 13.2. The Morgan fingerprint density at radius 3 is 2.52 bits per heavy atom. The standard InChI is InChI=1S/C19H36N6O2/c1-16-23-24-18(25(16)2)15-22-19(20-11-8-13-26-3)21-12-14-27-17-9-6-4-5-7-10-17/h17H,4-15H2,1-3H3,(H2,20,21,22). The van der Waals surface area contributed by atoms with Crippen molar-refractivity contribution in [1.82, 2.24) is 25.4 Å². The predicted molar refractivity (Wildman–Crippen MR) is 107 cm³/mol. The molecule has 8 heteroatoms. The van der Waals surface area contributed by atoms with E-state index < -0.39 is 0 Å². The van der Waals surface area contributed by atoms with E-state index in [1.54, 1.807) is 7.11 Å². The van der Waals surface area contributed by atoms with Gasteiger partial charge in [0.15, 0.2) is 11.8 Å². The second-order valence-electron chi connectivity index (χ2n) is 7.07. The van der Waals surface area contributed by atoms with Crippen molar-refractivity contribution in [3.63, 3.8) is 0 Å². The van der Waals surface area contributed by atoms with Gasteiger partial charge in [0.05, 0.1) is 12.7 Å². The lowest BCUT2D eigenvalue weighted by molar-refractivity contribution is 0.0468. The molecule has 0 aromatic carbocycles. The highest BCUT2D eigenvalue weighted by Gasteiger charge is 2.12. The molecule has 154 valence electrons. The van der Waals surface area contributed by atoms with Crippen LogP contribution in [0.5, 0.6) is 0 Å². The number of ether oxygens (including phenoxy) is 2. The van der Waals surface area contributed by atoms with Crippen LogP contribution in [0.25, 0.3) is 0 Å². The number of guanidine groups is 1. The summed E-state index contributed by atoms with van der Waals surface area (Å²) in [6.45, 7) is 5.40. The maximum atomic E-state index is 6.05. The molecule has 0 unspecified atom stereocenters. The Hall–Kier alpha value is -1.67. The van der Waals surface area contributed by atoms with Crippen LogP contribution >= 0.6 is 0 Å². The van der Waals surface area contributed by atoms with E-state index in [9.17, 15) is 0 Å². The van der Waals surface area contributed by atoms with Crippen molar-refractivity contribution >= 4 is 5.96 Å². The van der Waals surface area contributed by atoms with Gasteiger partial charge in [-0.15, -0.1) is 10.2 Å². The van der Waals surface area contributed by atoms with Crippen molar-refractivity contribution in [3.8, 4) is 0 Å². The zero-order valence-electron chi connectivity index (χ0n) is 17.2. The topological polar surface area (TPSA) is 85.6 Å². The number of nitrogens with zero attached hydrogens (tertiary/aromatic N) is 4. The highest BCUT2D eigenvalue weighted by Crippen LogP contribution is 2.19. The van der Waals surface area contributed by atoms with Crippen LogP contribution in [0.15, 0.2) is 4.99 Å². The molecule has 0 radical (unpaired) electrons. The Kier molecular flexibility index (Phi) is 10.1. The number of rotatable bonds is 10. The summed E-state index contributed by atoms with van der Waals surface area (Å²) < 4.78 is 13.1.